The molecule has 1 aliphatic rings. The third-order valence-electron chi connectivity index (χ3n) is 18.7. The minimum atomic E-state index is -2.26. The Balaban J connectivity index is 3.56. The SMILES string of the molecule is CCCCCCCCCCCCCCCC(=O)N[C@@H](CCC(N)=O)C(=O)N[C@@H](CCCCN)C(=O)N[C@@H](CO)C(=O)N[C@@H](CCC(N)=O)C(=O)N[C@@H](CCCN=C(N)N)C(=O)N[C@@H](CO)C(=O)N[C@@H](CCC(N)=O)C(=O)N[C@@H](CC(=O)O)C(=O)N[C@@H](CCC(=O)O)C(=O)N[C@@H](CC(N)=O)C(=O)N1CCC[C@H]1C(=O)N[C@H](C(N)=O)C(C)C. The number of amides is 17. The highest BCUT2D eigenvalue weighted by Gasteiger charge is 2.42. The first-order valence-electron chi connectivity index (χ1n) is 39.3. The minimum absolute atomic E-state index is 0.0450. The van der Waals surface area contributed by atoms with Gasteiger partial charge in [0.25, 0.3) is 0 Å². The number of unbranched alkanes of at least 4 members (excludes halogenated alkanes) is 13. The molecule has 1 rings (SSSR count). The number of nitrogens with zero attached hydrogens (tertiary/aromatic N) is 2. The molecule has 44 heteroatoms. The van der Waals surface area contributed by atoms with Crippen molar-refractivity contribution in [2.75, 3.05) is 32.8 Å². The lowest BCUT2D eigenvalue weighted by Gasteiger charge is -2.30. The highest BCUT2D eigenvalue weighted by atomic mass is 16.4. The summed E-state index contributed by atoms with van der Waals surface area (Å²) < 4.78 is 0. The third-order valence-corrected chi connectivity index (χ3v) is 18.7. The quantitative estimate of drug-likeness (QED) is 0.0153. The number of carbonyl (C=O) groups excluding carboxylic acids is 17. The molecule has 0 spiro atoms. The summed E-state index contributed by atoms with van der Waals surface area (Å²) >= 11 is 0. The van der Waals surface area contributed by atoms with Crippen molar-refractivity contribution in [1.29, 1.82) is 0 Å². The van der Waals surface area contributed by atoms with E-state index in [4.69, 9.17) is 45.9 Å². The molecular formula is C72H125N21O23. The number of likely N-dealkylation sites (tertiary alicyclic amines) is 1. The van der Waals surface area contributed by atoms with Crippen molar-refractivity contribution in [2.24, 2.45) is 56.8 Å². The maximum atomic E-state index is 14.3. The number of aliphatic carboxylic acids is 2. The maximum Gasteiger partial charge on any atom is 0.305 e. The molecule has 1 saturated heterocycles. The number of rotatable bonds is 64. The monoisotopic (exact) mass is 1650 g/mol. The van der Waals surface area contributed by atoms with Crippen LogP contribution in [0, 0.1) is 5.92 Å². The van der Waals surface area contributed by atoms with E-state index in [0.29, 0.717) is 12.8 Å². The van der Waals surface area contributed by atoms with Gasteiger partial charge in [-0.05, 0) is 89.5 Å². The highest BCUT2D eigenvalue weighted by molar-refractivity contribution is 6.01. The summed E-state index contributed by atoms with van der Waals surface area (Å²) in [4.78, 5) is 257. The van der Waals surface area contributed by atoms with Crippen molar-refractivity contribution in [3.63, 3.8) is 0 Å². The summed E-state index contributed by atoms with van der Waals surface area (Å²) in [5, 5.41) is 65.8. The molecule has 0 unspecified atom stereocenters. The highest BCUT2D eigenvalue weighted by Crippen LogP contribution is 2.21. The van der Waals surface area contributed by atoms with Gasteiger partial charge in [-0.25, -0.2) is 0 Å². The summed E-state index contributed by atoms with van der Waals surface area (Å²) in [5.41, 5.74) is 43.8. The van der Waals surface area contributed by atoms with Crippen molar-refractivity contribution in [3.05, 3.63) is 0 Å². The molecule has 656 valence electrons. The number of carbonyl (C=O) groups is 19. The number of aliphatic hydroxyl groups excluding tert-OH is 2. The number of hydrogen-bond acceptors (Lipinski definition) is 23. The topological polar surface area (TPSA) is 761 Å². The number of aliphatic hydroxyl groups is 2. The van der Waals surface area contributed by atoms with Crippen molar-refractivity contribution in [2.45, 2.75) is 292 Å². The normalized spacial score (nSPS) is 15.2. The van der Waals surface area contributed by atoms with Gasteiger partial charge in [0.1, 0.15) is 72.5 Å². The Bertz CT molecular complexity index is 3330. The van der Waals surface area contributed by atoms with Gasteiger partial charge in [-0.3, -0.25) is 96.1 Å². The van der Waals surface area contributed by atoms with E-state index in [9.17, 15) is 112 Å². The van der Waals surface area contributed by atoms with Gasteiger partial charge in [0.2, 0.25) is 100 Å². The van der Waals surface area contributed by atoms with Gasteiger partial charge >= 0.3 is 11.9 Å². The van der Waals surface area contributed by atoms with Crippen LogP contribution in [0.3, 0.4) is 0 Å². The van der Waals surface area contributed by atoms with Crippen molar-refractivity contribution < 1.29 is 112 Å². The van der Waals surface area contributed by atoms with Crippen LogP contribution in [0.5, 0.6) is 0 Å². The standard InChI is InChI=1S/C72H125N21O23/c1-4-5-6-7-8-9-10-11-12-13-14-15-16-24-56(100)82-43(25-29-52(74)96)63(108)83-41(21-17-18-33-73)61(106)90-49(38-94)68(113)86-44(26-30-53(75)97)64(109)84-42(22-19-34-81-72(79)80)62(107)91-50(39-95)69(114)87-45(27-31-54(76)98)65(110)88-47(37-58(103)104)67(112)85-46(28-32-57(101)102)66(111)89-48(36-55(77)99)71(116)93-35-20-23-51(93)70(115)92-59(40(2)3)60(78)105/h40-51,59,94-95H,4-39,73H2,1-3H3,(H2,74,96)(H2,75,97)(H2,76,98)(H2,77,99)(H2,78,105)(H,82,100)(H,83,108)(H,84,109)(H,85,112)(H,86,113)(H,87,114)(H,88,110)(H,89,111)(H,90,106)(H,91,107)(H,92,115)(H,101,102)(H,103,104)(H4,79,80,81)/t41-,42-,43-,44-,45-,46-,47-,48-,49-,50-,51-,59-/m0/s1. The summed E-state index contributed by atoms with van der Waals surface area (Å²) in [6, 6.07) is -21.2. The van der Waals surface area contributed by atoms with E-state index in [1.165, 1.54) is 44.9 Å². The average Bonchev–Trinajstić information content (AvgIpc) is 1.63. The summed E-state index contributed by atoms with van der Waals surface area (Å²) in [6.07, 6.45) is 6.84. The van der Waals surface area contributed by atoms with Crippen LogP contribution in [0.1, 0.15) is 220 Å². The van der Waals surface area contributed by atoms with Crippen LogP contribution in [0.2, 0.25) is 0 Å². The van der Waals surface area contributed by atoms with Gasteiger partial charge in [0.15, 0.2) is 5.96 Å². The van der Waals surface area contributed by atoms with Crippen LogP contribution in [0.25, 0.3) is 0 Å². The zero-order valence-corrected chi connectivity index (χ0v) is 66.5. The fourth-order valence-electron chi connectivity index (χ4n) is 12.2. The molecule has 0 aromatic heterocycles. The number of nitrogens with two attached hydrogens (primary N) is 8. The number of hydrogen-bond donors (Lipinski definition) is 23. The zero-order valence-electron chi connectivity index (χ0n) is 66.5. The van der Waals surface area contributed by atoms with Crippen LogP contribution in [-0.2, 0) is 91.1 Å². The second-order valence-corrected chi connectivity index (χ2v) is 28.8. The lowest BCUT2D eigenvalue weighted by atomic mass is 10.0. The molecule has 1 aliphatic heterocycles. The largest absolute Gasteiger partial charge is 0.481 e. The fourth-order valence-corrected chi connectivity index (χ4v) is 12.2. The van der Waals surface area contributed by atoms with Crippen LogP contribution in [-0.4, -0.2) is 249 Å². The van der Waals surface area contributed by atoms with Gasteiger partial charge in [-0.1, -0.05) is 97.8 Å². The van der Waals surface area contributed by atoms with Gasteiger partial charge in [-0.2, -0.15) is 0 Å². The van der Waals surface area contributed by atoms with E-state index in [1.807, 2.05) is 5.32 Å². The number of aliphatic imine (C=N–C) groups is 1. The Morgan fingerprint density at radius 3 is 1.12 bits per heavy atom. The third kappa shape index (κ3) is 43.0. The molecule has 1 heterocycles. The Labute approximate surface area is 672 Å². The molecule has 116 heavy (non-hydrogen) atoms. The molecular weight excluding hydrogens is 1530 g/mol. The summed E-state index contributed by atoms with van der Waals surface area (Å²) in [5.74, 6) is -23.1. The van der Waals surface area contributed by atoms with E-state index in [2.05, 4.69) is 65.1 Å². The summed E-state index contributed by atoms with van der Waals surface area (Å²) in [7, 11) is 0. The smallest absolute Gasteiger partial charge is 0.305 e. The minimum Gasteiger partial charge on any atom is -0.481 e. The number of guanidine groups is 1. The van der Waals surface area contributed by atoms with Gasteiger partial charge in [0.05, 0.1) is 26.1 Å². The molecule has 12 atom stereocenters. The first-order chi connectivity index (χ1) is 54.8. The molecule has 31 N–H and O–H groups in total. The Hall–Kier alpha value is -10.9. The van der Waals surface area contributed by atoms with Crippen LogP contribution in [0.4, 0.5) is 0 Å². The van der Waals surface area contributed by atoms with Gasteiger partial charge < -0.3 is 130 Å². The van der Waals surface area contributed by atoms with E-state index in [-0.39, 0.29) is 71.0 Å². The Morgan fingerprint density at radius 1 is 0.388 bits per heavy atom. The summed E-state index contributed by atoms with van der Waals surface area (Å²) in [6.45, 7) is 2.71. The lowest BCUT2D eigenvalue weighted by molar-refractivity contribution is -0.144. The van der Waals surface area contributed by atoms with Gasteiger partial charge in [0, 0.05) is 45.2 Å². The average molecular weight is 1650 g/mol. The molecule has 0 aliphatic carbocycles. The molecule has 0 aromatic rings. The van der Waals surface area contributed by atoms with Gasteiger partial charge in [-0.15, -0.1) is 0 Å². The second-order valence-electron chi connectivity index (χ2n) is 28.8. The van der Waals surface area contributed by atoms with E-state index in [1.54, 1.807) is 13.8 Å². The number of carboxylic acid groups (broad SMARTS) is 2. The van der Waals surface area contributed by atoms with E-state index in [0.717, 1.165) is 37.0 Å². The molecule has 0 saturated carbocycles. The predicted octanol–water partition coefficient (Wildman–Crippen LogP) is -6.89. The maximum absolute atomic E-state index is 14.3. The Kier molecular flexibility index (Phi) is 50.8. The molecule has 44 nitrogen and oxygen atoms in total. The first kappa shape index (κ1) is 103. The fraction of sp³-hybridized carbons (Fsp3) is 0.722. The van der Waals surface area contributed by atoms with Crippen LogP contribution >= 0.6 is 0 Å². The van der Waals surface area contributed by atoms with Crippen molar-refractivity contribution >= 4 is 118 Å². The first-order valence-corrected chi connectivity index (χ1v) is 39.3. The van der Waals surface area contributed by atoms with Crippen LogP contribution < -0.4 is 104 Å². The second kappa shape index (κ2) is 57.2. The number of carboxylic acids is 2. The zero-order chi connectivity index (χ0) is 87.6. The molecule has 0 radical (unpaired) electrons. The number of nitrogens with one attached hydrogen (secondary N) is 11. The van der Waals surface area contributed by atoms with Crippen molar-refractivity contribution in [3.8, 4) is 0 Å². The Morgan fingerprint density at radius 2 is 0.750 bits per heavy atom. The lowest BCUT2D eigenvalue weighted by Crippen LogP contribution is -2.61. The molecule has 1 fully saturated rings. The van der Waals surface area contributed by atoms with E-state index >= 15 is 0 Å². The molecule has 0 bridgehead atoms. The molecule has 0 aromatic carbocycles. The predicted molar refractivity (Wildman–Crippen MR) is 416 cm³/mol. The van der Waals surface area contributed by atoms with Crippen LogP contribution in [0.15, 0.2) is 4.99 Å². The molecule has 17 amide bonds. The van der Waals surface area contributed by atoms with Crippen molar-refractivity contribution in [1.82, 2.24) is 63.4 Å². The number of primary amides is 5. The van der Waals surface area contributed by atoms with E-state index < -0.39 is 268 Å².